The van der Waals surface area contributed by atoms with Crippen molar-refractivity contribution in [3.05, 3.63) is 18.0 Å². The van der Waals surface area contributed by atoms with E-state index in [2.05, 4.69) is 20.7 Å². The molecule has 1 aromatic rings. The predicted octanol–water partition coefficient (Wildman–Crippen LogP) is 1.92. The number of likely N-dealkylation sites (N-methyl/N-ethyl adjacent to an activating group) is 1. The highest BCUT2D eigenvalue weighted by molar-refractivity contribution is 5.76. The third-order valence-corrected chi connectivity index (χ3v) is 5.26. The van der Waals surface area contributed by atoms with E-state index in [-0.39, 0.29) is 12.5 Å². The van der Waals surface area contributed by atoms with Gasteiger partial charge in [0.1, 0.15) is 6.61 Å². The summed E-state index contributed by atoms with van der Waals surface area (Å²) < 4.78 is 7.72. The summed E-state index contributed by atoms with van der Waals surface area (Å²) in [6.45, 7) is 4.02. The van der Waals surface area contributed by atoms with Gasteiger partial charge < -0.3 is 9.64 Å². The first-order chi connectivity index (χ1) is 11.6. The van der Waals surface area contributed by atoms with Gasteiger partial charge in [0.15, 0.2) is 0 Å². The molecule has 6 heteroatoms. The van der Waals surface area contributed by atoms with E-state index in [9.17, 15) is 4.79 Å². The van der Waals surface area contributed by atoms with Gasteiger partial charge in [-0.1, -0.05) is 12.8 Å². The van der Waals surface area contributed by atoms with E-state index in [0.717, 1.165) is 25.4 Å². The number of amides is 1. The van der Waals surface area contributed by atoms with E-state index < -0.39 is 0 Å². The lowest BCUT2D eigenvalue weighted by Crippen LogP contribution is -2.40. The molecule has 3 rings (SSSR count). The van der Waals surface area contributed by atoms with E-state index in [1.165, 1.54) is 37.9 Å². The quantitative estimate of drug-likeness (QED) is 0.715. The number of fused-ring (bicyclic) bond motifs is 1. The van der Waals surface area contributed by atoms with E-state index in [1.807, 2.05) is 6.20 Å². The van der Waals surface area contributed by atoms with Crippen molar-refractivity contribution in [3.8, 4) is 0 Å². The van der Waals surface area contributed by atoms with Crippen molar-refractivity contribution in [3.63, 3.8) is 0 Å². The molecule has 1 saturated carbocycles. The fourth-order valence-corrected chi connectivity index (χ4v) is 3.88. The number of carbonyl (C=O) groups is 1. The Morgan fingerprint density at radius 3 is 2.92 bits per heavy atom. The van der Waals surface area contributed by atoms with Crippen molar-refractivity contribution in [2.75, 3.05) is 40.4 Å². The van der Waals surface area contributed by atoms with Crippen molar-refractivity contribution in [1.29, 1.82) is 0 Å². The molecule has 1 atom stereocenters. The van der Waals surface area contributed by atoms with Crippen LogP contribution >= 0.6 is 0 Å². The van der Waals surface area contributed by atoms with Gasteiger partial charge in [0.25, 0.3) is 0 Å². The van der Waals surface area contributed by atoms with Crippen LogP contribution in [0.3, 0.4) is 0 Å². The minimum Gasteiger partial charge on any atom is -0.372 e. The van der Waals surface area contributed by atoms with Crippen molar-refractivity contribution in [2.45, 2.75) is 44.7 Å². The molecule has 134 valence electrons. The standard InChI is InChI=1S/C18H30N4O2/c1-20(2)18(23)14-24-10-8-17-13-21(11-15-5-3-4-6-15)12-16-7-9-19-22(16)17/h7,9,15,17H,3-6,8,10-14H2,1-2H3/t17-/m1/s1. The summed E-state index contributed by atoms with van der Waals surface area (Å²) in [7, 11) is 3.51. The molecule has 0 aromatic carbocycles. The second-order valence-electron chi connectivity index (χ2n) is 7.39. The average molecular weight is 334 g/mol. The Kier molecular flexibility index (Phi) is 5.89. The van der Waals surface area contributed by atoms with Gasteiger partial charge in [-0.05, 0) is 31.2 Å². The molecule has 1 amide bonds. The van der Waals surface area contributed by atoms with Gasteiger partial charge in [-0.2, -0.15) is 5.10 Å². The van der Waals surface area contributed by atoms with Gasteiger partial charge in [0, 0.05) is 46.5 Å². The van der Waals surface area contributed by atoms with Crippen molar-refractivity contribution < 1.29 is 9.53 Å². The van der Waals surface area contributed by atoms with Crippen LogP contribution < -0.4 is 0 Å². The van der Waals surface area contributed by atoms with Crippen molar-refractivity contribution >= 4 is 5.91 Å². The van der Waals surface area contributed by atoms with Crippen LogP contribution in [0.1, 0.15) is 43.8 Å². The molecular weight excluding hydrogens is 304 g/mol. The zero-order valence-electron chi connectivity index (χ0n) is 15.0. The molecule has 2 heterocycles. The van der Waals surface area contributed by atoms with Crippen LogP contribution in [0.25, 0.3) is 0 Å². The normalized spacial score (nSPS) is 21.8. The summed E-state index contributed by atoms with van der Waals surface area (Å²) in [6, 6.07) is 2.48. The second-order valence-corrected chi connectivity index (χ2v) is 7.39. The van der Waals surface area contributed by atoms with E-state index in [1.54, 1.807) is 19.0 Å². The summed E-state index contributed by atoms with van der Waals surface area (Å²) in [5.74, 6) is 0.885. The zero-order chi connectivity index (χ0) is 16.9. The fourth-order valence-electron chi connectivity index (χ4n) is 3.88. The Hall–Kier alpha value is -1.40. The van der Waals surface area contributed by atoms with Gasteiger partial charge in [-0.15, -0.1) is 0 Å². The van der Waals surface area contributed by atoms with Gasteiger partial charge in [-0.25, -0.2) is 0 Å². The first kappa shape index (κ1) is 17.4. The molecule has 1 aromatic heterocycles. The largest absolute Gasteiger partial charge is 0.372 e. The van der Waals surface area contributed by atoms with Crippen LogP contribution in [-0.4, -0.2) is 65.9 Å². The van der Waals surface area contributed by atoms with Crippen LogP contribution in [0, 0.1) is 5.92 Å². The minimum atomic E-state index is 0.0151. The Morgan fingerprint density at radius 2 is 2.17 bits per heavy atom. The van der Waals surface area contributed by atoms with Gasteiger partial charge in [0.05, 0.1) is 11.7 Å². The maximum atomic E-state index is 11.6. The molecule has 1 aliphatic carbocycles. The van der Waals surface area contributed by atoms with Crippen LogP contribution in [-0.2, 0) is 16.1 Å². The molecule has 0 spiro atoms. The molecule has 1 fully saturated rings. The molecule has 24 heavy (non-hydrogen) atoms. The Bertz CT molecular complexity index is 537. The third kappa shape index (κ3) is 4.36. The Balaban J connectivity index is 1.51. The summed E-state index contributed by atoms with van der Waals surface area (Å²) in [5.41, 5.74) is 1.30. The minimum absolute atomic E-state index is 0.0151. The number of carbonyl (C=O) groups excluding carboxylic acids is 1. The summed E-state index contributed by atoms with van der Waals surface area (Å²) >= 11 is 0. The third-order valence-electron chi connectivity index (χ3n) is 5.26. The van der Waals surface area contributed by atoms with E-state index in [4.69, 9.17) is 4.74 Å². The highest BCUT2D eigenvalue weighted by Gasteiger charge is 2.27. The van der Waals surface area contributed by atoms with E-state index >= 15 is 0 Å². The number of hydrogen-bond donors (Lipinski definition) is 0. The Morgan fingerprint density at radius 1 is 1.38 bits per heavy atom. The molecule has 0 saturated heterocycles. The van der Waals surface area contributed by atoms with Crippen molar-refractivity contribution in [2.24, 2.45) is 5.92 Å². The summed E-state index contributed by atoms with van der Waals surface area (Å²) in [4.78, 5) is 15.7. The first-order valence-electron chi connectivity index (χ1n) is 9.16. The van der Waals surface area contributed by atoms with Crippen LogP contribution in [0.4, 0.5) is 0 Å². The molecular formula is C18H30N4O2. The fraction of sp³-hybridized carbons (Fsp3) is 0.778. The average Bonchev–Trinajstić information content (AvgIpc) is 3.22. The van der Waals surface area contributed by atoms with Crippen LogP contribution in [0.2, 0.25) is 0 Å². The number of rotatable bonds is 7. The number of aromatic nitrogens is 2. The SMILES string of the molecule is CN(C)C(=O)COCC[C@@H]1CN(CC2CCCC2)Cc2ccnn21. The summed E-state index contributed by atoms with van der Waals surface area (Å²) in [5, 5.41) is 4.51. The van der Waals surface area contributed by atoms with Crippen LogP contribution in [0.5, 0.6) is 0 Å². The number of nitrogens with zero attached hydrogens (tertiary/aromatic N) is 4. The van der Waals surface area contributed by atoms with Gasteiger partial charge in [0.2, 0.25) is 5.91 Å². The maximum absolute atomic E-state index is 11.6. The highest BCUT2D eigenvalue weighted by atomic mass is 16.5. The molecule has 1 aliphatic heterocycles. The smallest absolute Gasteiger partial charge is 0.248 e. The lowest BCUT2D eigenvalue weighted by atomic mass is 10.1. The zero-order valence-corrected chi connectivity index (χ0v) is 15.0. The second kappa shape index (κ2) is 8.12. The first-order valence-corrected chi connectivity index (χ1v) is 9.16. The van der Waals surface area contributed by atoms with Crippen molar-refractivity contribution in [1.82, 2.24) is 19.6 Å². The number of ether oxygens (including phenoxy) is 1. The molecule has 0 radical (unpaired) electrons. The molecule has 0 bridgehead atoms. The topological polar surface area (TPSA) is 50.6 Å². The summed E-state index contributed by atoms with van der Waals surface area (Å²) in [6.07, 6.45) is 8.36. The maximum Gasteiger partial charge on any atom is 0.248 e. The number of hydrogen-bond acceptors (Lipinski definition) is 4. The monoisotopic (exact) mass is 334 g/mol. The van der Waals surface area contributed by atoms with Gasteiger partial charge >= 0.3 is 0 Å². The lowest BCUT2D eigenvalue weighted by Gasteiger charge is -2.35. The molecule has 6 nitrogen and oxygen atoms in total. The predicted molar refractivity (Wildman–Crippen MR) is 92.6 cm³/mol. The molecule has 0 N–H and O–H groups in total. The molecule has 0 unspecified atom stereocenters. The lowest BCUT2D eigenvalue weighted by molar-refractivity contribution is -0.133. The van der Waals surface area contributed by atoms with E-state index in [0.29, 0.717) is 12.6 Å². The molecule has 2 aliphatic rings. The highest BCUT2D eigenvalue weighted by Crippen LogP contribution is 2.29. The Labute approximate surface area is 144 Å². The van der Waals surface area contributed by atoms with Crippen LogP contribution in [0.15, 0.2) is 12.3 Å². The van der Waals surface area contributed by atoms with Gasteiger partial charge in [-0.3, -0.25) is 14.4 Å².